The van der Waals surface area contributed by atoms with Crippen molar-refractivity contribution < 1.29 is 17.0 Å². The zero-order valence-electron chi connectivity index (χ0n) is 14.2. The maximum atomic E-state index is 11.1. The zero-order chi connectivity index (χ0) is 15.6. The monoisotopic (exact) mass is 356 g/mol. The molecule has 0 spiro atoms. The Morgan fingerprint density at radius 2 is 1.76 bits per heavy atom. The van der Waals surface area contributed by atoms with Crippen LogP contribution in [0.15, 0.2) is 0 Å². The molecule has 0 aromatic carbocycles. The van der Waals surface area contributed by atoms with Gasteiger partial charge in [-0.3, -0.25) is 4.18 Å². The van der Waals surface area contributed by atoms with Gasteiger partial charge in [0.25, 0.3) is 10.1 Å². The summed E-state index contributed by atoms with van der Waals surface area (Å²) in [5.41, 5.74) is 0. The second kappa shape index (κ2) is 7.81. The van der Waals surface area contributed by atoms with Crippen LogP contribution in [0.4, 0.5) is 0 Å². The molecular formula is C14H32O4S2Si. The highest BCUT2D eigenvalue weighted by atomic mass is 32.2. The molecular weight excluding hydrogens is 324 g/mol. The van der Waals surface area contributed by atoms with E-state index in [1.54, 1.807) is 0 Å². The van der Waals surface area contributed by atoms with Crippen LogP contribution in [0, 0.1) is 5.92 Å². The van der Waals surface area contributed by atoms with Gasteiger partial charge in [-0.05, 0) is 49.7 Å². The SMILES string of the molecule is CC(C)(C)[Si](C)(C)OCC[C@@H]1CC[C@@H](OS(C)(=O)=O)C1.S. The Morgan fingerprint density at radius 1 is 1.19 bits per heavy atom. The molecule has 128 valence electrons. The fourth-order valence-corrected chi connectivity index (χ4v) is 4.05. The van der Waals surface area contributed by atoms with Crippen molar-refractivity contribution in [2.75, 3.05) is 12.9 Å². The van der Waals surface area contributed by atoms with Crippen LogP contribution in [-0.4, -0.2) is 35.7 Å². The molecule has 1 aliphatic carbocycles. The highest BCUT2D eigenvalue weighted by molar-refractivity contribution is 7.86. The lowest BCUT2D eigenvalue weighted by molar-refractivity contribution is 0.206. The minimum Gasteiger partial charge on any atom is -0.417 e. The van der Waals surface area contributed by atoms with E-state index < -0.39 is 18.4 Å². The van der Waals surface area contributed by atoms with Crippen molar-refractivity contribution in [3.63, 3.8) is 0 Å². The minimum absolute atomic E-state index is 0. The molecule has 0 amide bonds. The van der Waals surface area contributed by atoms with Gasteiger partial charge in [0.1, 0.15) is 0 Å². The maximum absolute atomic E-state index is 11.1. The summed E-state index contributed by atoms with van der Waals surface area (Å²) in [5, 5.41) is 0.241. The van der Waals surface area contributed by atoms with Gasteiger partial charge < -0.3 is 4.43 Å². The summed E-state index contributed by atoms with van der Waals surface area (Å²) in [7, 11) is -4.98. The van der Waals surface area contributed by atoms with Gasteiger partial charge in [0.2, 0.25) is 0 Å². The second-order valence-corrected chi connectivity index (χ2v) is 13.9. The van der Waals surface area contributed by atoms with E-state index in [2.05, 4.69) is 33.9 Å². The van der Waals surface area contributed by atoms with Crippen molar-refractivity contribution in [3.05, 3.63) is 0 Å². The number of rotatable bonds is 6. The fourth-order valence-electron chi connectivity index (χ4n) is 2.32. The third kappa shape index (κ3) is 7.50. The summed E-state index contributed by atoms with van der Waals surface area (Å²) in [6.45, 7) is 12.0. The van der Waals surface area contributed by atoms with E-state index in [-0.39, 0.29) is 24.6 Å². The van der Waals surface area contributed by atoms with Crippen LogP contribution in [0.1, 0.15) is 46.5 Å². The molecule has 0 aromatic heterocycles. The molecule has 21 heavy (non-hydrogen) atoms. The first-order chi connectivity index (χ1) is 8.91. The molecule has 1 fully saturated rings. The van der Waals surface area contributed by atoms with Gasteiger partial charge in [-0.2, -0.15) is 21.9 Å². The summed E-state index contributed by atoms with van der Waals surface area (Å²) in [6, 6.07) is 0. The Labute approximate surface area is 138 Å². The third-order valence-electron chi connectivity index (χ3n) is 4.60. The Kier molecular flexibility index (Phi) is 7.98. The number of hydrogen-bond donors (Lipinski definition) is 0. The standard InChI is InChI=1S/C14H30O4SSi.H2S/c1-14(2,3)20(5,6)17-10-9-12-7-8-13(11-12)18-19(4,15)16;/h12-13H,7-11H2,1-6H3;1H2/t12-,13+;/m0./s1. The smallest absolute Gasteiger partial charge is 0.264 e. The first-order valence-corrected chi connectivity index (χ1v) is 12.2. The molecule has 0 heterocycles. The second-order valence-electron chi connectivity index (χ2n) is 7.50. The zero-order valence-corrected chi connectivity index (χ0v) is 17.0. The van der Waals surface area contributed by atoms with Gasteiger partial charge in [-0.1, -0.05) is 20.8 Å². The molecule has 0 aromatic rings. The molecule has 0 unspecified atom stereocenters. The van der Waals surface area contributed by atoms with Crippen LogP contribution in [0.3, 0.4) is 0 Å². The highest BCUT2D eigenvalue weighted by Crippen LogP contribution is 2.37. The van der Waals surface area contributed by atoms with Crippen LogP contribution >= 0.6 is 13.5 Å². The van der Waals surface area contributed by atoms with Gasteiger partial charge in [0, 0.05) is 6.61 Å². The van der Waals surface area contributed by atoms with Crippen LogP contribution in [-0.2, 0) is 18.7 Å². The number of hydrogen-bond acceptors (Lipinski definition) is 4. The third-order valence-corrected chi connectivity index (χ3v) is 9.76. The Balaban J connectivity index is 0.00000400. The van der Waals surface area contributed by atoms with Crippen molar-refractivity contribution in [1.29, 1.82) is 0 Å². The van der Waals surface area contributed by atoms with Crippen LogP contribution < -0.4 is 0 Å². The van der Waals surface area contributed by atoms with Crippen molar-refractivity contribution in [3.8, 4) is 0 Å². The van der Waals surface area contributed by atoms with Crippen molar-refractivity contribution in [2.24, 2.45) is 5.92 Å². The molecule has 2 atom stereocenters. The van der Waals surface area contributed by atoms with Gasteiger partial charge >= 0.3 is 0 Å². The first-order valence-electron chi connectivity index (χ1n) is 7.43. The van der Waals surface area contributed by atoms with E-state index in [0.717, 1.165) is 38.5 Å². The van der Waals surface area contributed by atoms with Crippen molar-refractivity contribution >= 4 is 31.9 Å². The maximum Gasteiger partial charge on any atom is 0.264 e. The summed E-state index contributed by atoms with van der Waals surface area (Å²) in [5.74, 6) is 0.534. The average molecular weight is 357 g/mol. The van der Waals surface area contributed by atoms with E-state index in [1.807, 2.05) is 0 Å². The molecule has 1 aliphatic rings. The van der Waals surface area contributed by atoms with E-state index in [4.69, 9.17) is 8.61 Å². The molecule has 0 radical (unpaired) electrons. The van der Waals surface area contributed by atoms with E-state index in [9.17, 15) is 8.42 Å². The lowest BCUT2D eigenvalue weighted by atomic mass is 10.1. The summed E-state index contributed by atoms with van der Waals surface area (Å²) < 4.78 is 33.5. The molecule has 0 saturated heterocycles. The average Bonchev–Trinajstić information content (AvgIpc) is 2.60. The fraction of sp³-hybridized carbons (Fsp3) is 1.00. The van der Waals surface area contributed by atoms with Crippen molar-refractivity contribution in [1.82, 2.24) is 0 Å². The molecule has 7 heteroatoms. The van der Waals surface area contributed by atoms with Crippen LogP contribution in [0.5, 0.6) is 0 Å². The first kappa shape index (κ1) is 21.4. The quantitative estimate of drug-likeness (QED) is 0.538. The van der Waals surface area contributed by atoms with E-state index >= 15 is 0 Å². The van der Waals surface area contributed by atoms with Gasteiger partial charge in [0.15, 0.2) is 8.32 Å². The summed E-state index contributed by atoms with van der Waals surface area (Å²) in [4.78, 5) is 0. The topological polar surface area (TPSA) is 52.6 Å². The molecule has 0 N–H and O–H groups in total. The van der Waals surface area contributed by atoms with Gasteiger partial charge in [-0.15, -0.1) is 0 Å². The molecule has 0 aliphatic heterocycles. The Bertz CT molecular complexity index is 415. The Morgan fingerprint density at radius 3 is 2.24 bits per heavy atom. The van der Waals surface area contributed by atoms with Gasteiger partial charge in [0.05, 0.1) is 12.4 Å². The summed E-state index contributed by atoms with van der Waals surface area (Å²) >= 11 is 0. The molecule has 1 saturated carbocycles. The van der Waals surface area contributed by atoms with E-state index in [1.165, 1.54) is 0 Å². The normalized spacial score (nSPS) is 23.9. The Hall–Kier alpha value is 0.437. The van der Waals surface area contributed by atoms with Crippen molar-refractivity contribution in [2.45, 2.75) is 70.7 Å². The molecule has 1 rings (SSSR count). The van der Waals surface area contributed by atoms with E-state index in [0.29, 0.717) is 5.92 Å². The predicted molar refractivity (Wildman–Crippen MR) is 95.2 cm³/mol. The largest absolute Gasteiger partial charge is 0.417 e. The minimum atomic E-state index is -3.32. The van der Waals surface area contributed by atoms with Gasteiger partial charge in [-0.25, -0.2) is 0 Å². The lowest BCUT2D eigenvalue weighted by Gasteiger charge is -2.36. The molecule has 4 nitrogen and oxygen atoms in total. The lowest BCUT2D eigenvalue weighted by Crippen LogP contribution is -2.41. The predicted octanol–water partition coefficient (Wildman–Crippen LogP) is 3.66. The van der Waals surface area contributed by atoms with Crippen LogP contribution in [0.25, 0.3) is 0 Å². The molecule has 0 bridgehead atoms. The summed E-state index contributed by atoms with van der Waals surface area (Å²) in [6.07, 6.45) is 4.74. The van der Waals surface area contributed by atoms with Crippen LogP contribution in [0.2, 0.25) is 18.1 Å². The highest BCUT2D eigenvalue weighted by Gasteiger charge is 2.37.